The van der Waals surface area contributed by atoms with Crippen LogP contribution in [-0.2, 0) is 10.0 Å². The summed E-state index contributed by atoms with van der Waals surface area (Å²) in [6.45, 7) is 3.74. The van der Waals surface area contributed by atoms with Gasteiger partial charge >= 0.3 is 0 Å². The lowest BCUT2D eigenvalue weighted by Crippen LogP contribution is -2.34. The van der Waals surface area contributed by atoms with Crippen molar-refractivity contribution in [1.29, 1.82) is 0 Å². The highest BCUT2D eigenvalue weighted by atomic mass is 79.9. The third-order valence-electron chi connectivity index (χ3n) is 3.11. The van der Waals surface area contributed by atoms with Gasteiger partial charge in [0.1, 0.15) is 0 Å². The van der Waals surface area contributed by atoms with E-state index in [0.29, 0.717) is 10.8 Å². The molecule has 0 saturated heterocycles. The SMILES string of the molecule is Cc1ccc(Br)cc1S(=O)(=O)N[C@H](C)C1CC1. The molecule has 3 nitrogen and oxygen atoms in total. The van der Waals surface area contributed by atoms with Crippen LogP contribution in [0.5, 0.6) is 0 Å². The van der Waals surface area contributed by atoms with Gasteiger partial charge in [-0.2, -0.15) is 0 Å². The van der Waals surface area contributed by atoms with Crippen molar-refractivity contribution in [2.45, 2.75) is 37.6 Å². The van der Waals surface area contributed by atoms with Crippen LogP contribution >= 0.6 is 15.9 Å². The van der Waals surface area contributed by atoms with Gasteiger partial charge in [-0.05, 0) is 50.3 Å². The minimum Gasteiger partial charge on any atom is -0.208 e. The number of hydrogen-bond acceptors (Lipinski definition) is 2. The average molecular weight is 318 g/mol. The van der Waals surface area contributed by atoms with Gasteiger partial charge in [0.05, 0.1) is 4.90 Å². The Bertz CT molecular complexity index is 523. The van der Waals surface area contributed by atoms with E-state index < -0.39 is 10.0 Å². The molecule has 0 amide bonds. The van der Waals surface area contributed by atoms with E-state index in [1.807, 2.05) is 19.9 Å². The van der Waals surface area contributed by atoms with E-state index in [1.165, 1.54) is 0 Å². The smallest absolute Gasteiger partial charge is 0.208 e. The molecular weight excluding hydrogens is 302 g/mol. The Morgan fingerprint density at radius 2 is 2.06 bits per heavy atom. The van der Waals surface area contributed by atoms with E-state index in [4.69, 9.17) is 0 Å². The van der Waals surface area contributed by atoms with Crippen molar-refractivity contribution in [2.24, 2.45) is 5.92 Å². The average Bonchev–Trinajstić information content (AvgIpc) is 3.04. The largest absolute Gasteiger partial charge is 0.241 e. The lowest BCUT2D eigenvalue weighted by Gasteiger charge is -2.14. The lowest BCUT2D eigenvalue weighted by molar-refractivity contribution is 0.537. The first kappa shape index (κ1) is 13.1. The number of benzene rings is 1. The monoisotopic (exact) mass is 317 g/mol. The van der Waals surface area contributed by atoms with Crippen molar-refractivity contribution in [3.05, 3.63) is 28.2 Å². The summed E-state index contributed by atoms with van der Waals surface area (Å²) in [4.78, 5) is 0.361. The Labute approximate surface area is 111 Å². The quantitative estimate of drug-likeness (QED) is 0.928. The maximum Gasteiger partial charge on any atom is 0.241 e. The van der Waals surface area contributed by atoms with Crippen LogP contribution in [0.3, 0.4) is 0 Å². The molecule has 0 heterocycles. The number of aryl methyl sites for hydroxylation is 1. The molecular formula is C12H16BrNO2S. The van der Waals surface area contributed by atoms with Crippen LogP contribution in [-0.4, -0.2) is 14.5 Å². The molecule has 1 aromatic rings. The number of nitrogens with one attached hydrogen (secondary N) is 1. The summed E-state index contributed by atoms with van der Waals surface area (Å²) in [7, 11) is -3.40. The minimum atomic E-state index is -3.40. The number of hydrogen-bond donors (Lipinski definition) is 1. The van der Waals surface area contributed by atoms with Gasteiger partial charge in [-0.25, -0.2) is 13.1 Å². The molecule has 1 saturated carbocycles. The molecule has 0 bridgehead atoms. The summed E-state index contributed by atoms with van der Waals surface area (Å²) in [6.07, 6.45) is 2.25. The van der Waals surface area contributed by atoms with Crippen molar-refractivity contribution in [3.8, 4) is 0 Å². The third-order valence-corrected chi connectivity index (χ3v) is 5.30. The van der Waals surface area contributed by atoms with Crippen molar-refractivity contribution < 1.29 is 8.42 Å². The molecule has 2 rings (SSSR count). The van der Waals surface area contributed by atoms with Gasteiger partial charge in [0.2, 0.25) is 10.0 Å². The first-order valence-corrected chi connectivity index (χ1v) is 7.96. The topological polar surface area (TPSA) is 46.2 Å². The van der Waals surface area contributed by atoms with E-state index in [2.05, 4.69) is 20.7 Å². The van der Waals surface area contributed by atoms with Crippen molar-refractivity contribution in [1.82, 2.24) is 4.72 Å². The van der Waals surface area contributed by atoms with Gasteiger partial charge < -0.3 is 0 Å². The minimum absolute atomic E-state index is 0.0263. The summed E-state index contributed by atoms with van der Waals surface area (Å²) in [5, 5.41) is 0. The molecule has 17 heavy (non-hydrogen) atoms. The molecule has 94 valence electrons. The number of rotatable bonds is 4. The Hall–Kier alpha value is -0.390. The van der Waals surface area contributed by atoms with Gasteiger partial charge in [-0.15, -0.1) is 0 Å². The van der Waals surface area contributed by atoms with Crippen molar-refractivity contribution in [3.63, 3.8) is 0 Å². The van der Waals surface area contributed by atoms with E-state index in [0.717, 1.165) is 22.9 Å². The number of halogens is 1. The third kappa shape index (κ3) is 3.09. The first-order valence-electron chi connectivity index (χ1n) is 5.68. The highest BCUT2D eigenvalue weighted by molar-refractivity contribution is 9.10. The second kappa shape index (κ2) is 4.71. The molecule has 5 heteroatoms. The summed E-state index contributed by atoms with van der Waals surface area (Å²) >= 11 is 3.30. The van der Waals surface area contributed by atoms with Gasteiger partial charge in [0.25, 0.3) is 0 Å². The molecule has 0 spiro atoms. The molecule has 1 aromatic carbocycles. The Kier molecular flexibility index (Phi) is 3.61. The Morgan fingerprint density at radius 1 is 1.41 bits per heavy atom. The van der Waals surface area contributed by atoms with Crippen LogP contribution in [0.1, 0.15) is 25.3 Å². The molecule has 1 aliphatic carbocycles. The Morgan fingerprint density at radius 3 is 2.65 bits per heavy atom. The normalized spacial score (nSPS) is 18.1. The maximum absolute atomic E-state index is 12.2. The van der Waals surface area contributed by atoms with E-state index in [-0.39, 0.29) is 6.04 Å². The summed E-state index contributed by atoms with van der Waals surface area (Å²) in [5.74, 6) is 0.511. The van der Waals surface area contributed by atoms with Gasteiger partial charge in [0.15, 0.2) is 0 Å². The predicted octanol–water partition coefficient (Wildman–Crippen LogP) is 2.83. The van der Waals surface area contributed by atoms with E-state index in [9.17, 15) is 8.42 Å². The fourth-order valence-electron chi connectivity index (χ4n) is 1.86. The fourth-order valence-corrected chi connectivity index (χ4v) is 3.96. The maximum atomic E-state index is 12.2. The summed E-state index contributed by atoms with van der Waals surface area (Å²) in [5.41, 5.74) is 0.767. The molecule has 1 fully saturated rings. The highest BCUT2D eigenvalue weighted by Gasteiger charge is 2.31. The van der Waals surface area contributed by atoms with Crippen LogP contribution in [0, 0.1) is 12.8 Å². The fraction of sp³-hybridized carbons (Fsp3) is 0.500. The van der Waals surface area contributed by atoms with Crippen molar-refractivity contribution in [2.75, 3.05) is 0 Å². The standard InChI is InChI=1S/C12H16BrNO2S/c1-8-3-6-11(13)7-12(8)17(15,16)14-9(2)10-4-5-10/h3,6-7,9-10,14H,4-5H2,1-2H3/t9-/m1/s1. The van der Waals surface area contributed by atoms with Crippen LogP contribution in [0.2, 0.25) is 0 Å². The van der Waals surface area contributed by atoms with Crippen molar-refractivity contribution >= 4 is 26.0 Å². The molecule has 0 radical (unpaired) electrons. The van der Waals surface area contributed by atoms with Crippen LogP contribution in [0.15, 0.2) is 27.6 Å². The second-order valence-corrected chi connectivity index (χ2v) is 7.26. The van der Waals surface area contributed by atoms with E-state index >= 15 is 0 Å². The van der Waals surface area contributed by atoms with Crippen LogP contribution in [0.4, 0.5) is 0 Å². The molecule has 0 aromatic heterocycles. The van der Waals surface area contributed by atoms with Crippen LogP contribution < -0.4 is 4.72 Å². The van der Waals surface area contributed by atoms with Gasteiger partial charge in [-0.3, -0.25) is 0 Å². The zero-order valence-corrected chi connectivity index (χ0v) is 12.3. The lowest BCUT2D eigenvalue weighted by atomic mass is 10.2. The summed E-state index contributed by atoms with van der Waals surface area (Å²) < 4.78 is 28.0. The summed E-state index contributed by atoms with van der Waals surface area (Å²) in [6, 6.07) is 5.33. The molecule has 1 atom stereocenters. The number of sulfonamides is 1. The van der Waals surface area contributed by atoms with Gasteiger partial charge in [0, 0.05) is 10.5 Å². The zero-order chi connectivity index (χ0) is 12.6. The van der Waals surface area contributed by atoms with Gasteiger partial charge in [-0.1, -0.05) is 22.0 Å². The van der Waals surface area contributed by atoms with Crippen LogP contribution in [0.25, 0.3) is 0 Å². The molecule has 0 aliphatic heterocycles. The zero-order valence-electron chi connectivity index (χ0n) is 9.90. The molecule has 1 aliphatic rings. The Balaban J connectivity index is 2.27. The first-order chi connectivity index (χ1) is 7.90. The molecule has 0 unspecified atom stereocenters. The molecule has 1 N–H and O–H groups in total. The predicted molar refractivity (Wildman–Crippen MR) is 71.4 cm³/mol. The highest BCUT2D eigenvalue weighted by Crippen LogP contribution is 2.33. The van der Waals surface area contributed by atoms with E-state index in [1.54, 1.807) is 12.1 Å². The second-order valence-electron chi connectivity index (χ2n) is 4.66.